The van der Waals surface area contributed by atoms with Gasteiger partial charge in [0.1, 0.15) is 4.90 Å². The Morgan fingerprint density at radius 1 is 1.24 bits per heavy atom. The lowest BCUT2D eigenvalue weighted by Crippen LogP contribution is -2.34. The normalized spacial score (nSPS) is 17.1. The summed E-state index contributed by atoms with van der Waals surface area (Å²) in [6.45, 7) is 1.60. The highest BCUT2D eigenvalue weighted by molar-refractivity contribution is 7.90. The fourth-order valence-electron chi connectivity index (χ4n) is 2.70. The van der Waals surface area contributed by atoms with E-state index in [1.165, 1.54) is 12.5 Å². The molecule has 1 aliphatic rings. The molecule has 0 bridgehead atoms. The van der Waals surface area contributed by atoms with Gasteiger partial charge in [-0.3, -0.25) is 5.10 Å². The van der Waals surface area contributed by atoms with Crippen molar-refractivity contribution >= 4 is 15.8 Å². The van der Waals surface area contributed by atoms with E-state index in [1.54, 1.807) is 18.5 Å². The predicted octanol–water partition coefficient (Wildman–Crippen LogP) is 0.987. The number of hydrogen-bond acceptors (Lipinski definition) is 6. The van der Waals surface area contributed by atoms with Crippen molar-refractivity contribution in [1.82, 2.24) is 20.2 Å². The van der Waals surface area contributed by atoms with Gasteiger partial charge >= 0.3 is 0 Å². The SMILES string of the molecule is CS(=O)(=O)c1cn[nH]c1C1CCN(c2ncccn2)CC1. The van der Waals surface area contributed by atoms with E-state index in [0.29, 0.717) is 4.90 Å². The number of nitrogens with one attached hydrogen (secondary N) is 1. The average Bonchev–Trinajstić information content (AvgIpc) is 2.98. The van der Waals surface area contributed by atoms with Gasteiger partial charge in [-0.05, 0) is 18.9 Å². The molecule has 0 spiro atoms. The first kappa shape index (κ1) is 14.0. The van der Waals surface area contributed by atoms with Crippen molar-refractivity contribution in [2.45, 2.75) is 23.7 Å². The van der Waals surface area contributed by atoms with Crippen molar-refractivity contribution in [3.05, 3.63) is 30.4 Å². The molecule has 1 aliphatic heterocycles. The molecule has 0 aromatic carbocycles. The summed E-state index contributed by atoms with van der Waals surface area (Å²) in [5, 5.41) is 6.76. The standard InChI is InChI=1S/C13H17N5O2S/c1-21(19,20)11-9-16-17-12(11)10-3-7-18(8-4-10)13-14-5-2-6-15-13/h2,5-6,9-10H,3-4,7-8H2,1H3,(H,16,17). The summed E-state index contributed by atoms with van der Waals surface area (Å²) in [7, 11) is -3.24. The van der Waals surface area contributed by atoms with E-state index in [9.17, 15) is 8.42 Å². The third kappa shape index (κ3) is 2.90. The van der Waals surface area contributed by atoms with Crippen molar-refractivity contribution < 1.29 is 8.42 Å². The summed E-state index contributed by atoms with van der Waals surface area (Å²) < 4.78 is 23.5. The Bertz CT molecular complexity index is 705. The molecule has 2 aromatic rings. The maximum atomic E-state index is 11.8. The van der Waals surface area contributed by atoms with Crippen LogP contribution < -0.4 is 4.90 Å². The van der Waals surface area contributed by atoms with Crippen LogP contribution >= 0.6 is 0 Å². The van der Waals surface area contributed by atoms with E-state index in [2.05, 4.69) is 25.1 Å². The van der Waals surface area contributed by atoms with E-state index in [0.717, 1.165) is 37.6 Å². The Hall–Kier alpha value is -1.96. The number of sulfone groups is 1. The van der Waals surface area contributed by atoms with Gasteiger partial charge in [0.25, 0.3) is 0 Å². The first-order chi connectivity index (χ1) is 10.1. The highest BCUT2D eigenvalue weighted by Crippen LogP contribution is 2.31. The summed E-state index contributed by atoms with van der Waals surface area (Å²) >= 11 is 0. The number of anilines is 1. The second-order valence-corrected chi connectivity index (χ2v) is 7.21. The van der Waals surface area contributed by atoms with Crippen LogP contribution in [-0.4, -0.2) is 47.9 Å². The van der Waals surface area contributed by atoms with E-state index in [-0.39, 0.29) is 5.92 Å². The second-order valence-electron chi connectivity index (χ2n) is 5.23. The zero-order chi connectivity index (χ0) is 14.9. The number of aromatic amines is 1. The number of hydrogen-bond donors (Lipinski definition) is 1. The third-order valence-corrected chi connectivity index (χ3v) is 4.89. The molecule has 0 aliphatic carbocycles. The Kier molecular flexibility index (Phi) is 3.62. The van der Waals surface area contributed by atoms with Crippen molar-refractivity contribution in [2.24, 2.45) is 0 Å². The first-order valence-electron chi connectivity index (χ1n) is 6.81. The van der Waals surface area contributed by atoms with E-state index in [4.69, 9.17) is 0 Å². The smallest absolute Gasteiger partial charge is 0.225 e. The summed E-state index contributed by atoms with van der Waals surface area (Å²) in [6, 6.07) is 1.79. The Labute approximate surface area is 123 Å². The highest BCUT2D eigenvalue weighted by atomic mass is 32.2. The molecule has 1 fully saturated rings. The first-order valence-corrected chi connectivity index (χ1v) is 8.70. The van der Waals surface area contributed by atoms with Crippen LogP contribution in [0.2, 0.25) is 0 Å². The number of nitrogens with zero attached hydrogens (tertiary/aromatic N) is 4. The van der Waals surface area contributed by atoms with E-state index >= 15 is 0 Å². The molecule has 1 N–H and O–H groups in total. The topological polar surface area (TPSA) is 91.8 Å². The van der Waals surface area contributed by atoms with E-state index < -0.39 is 9.84 Å². The molecule has 0 atom stereocenters. The monoisotopic (exact) mass is 307 g/mol. The largest absolute Gasteiger partial charge is 0.341 e. The van der Waals surface area contributed by atoms with Gasteiger partial charge in [0.2, 0.25) is 5.95 Å². The second kappa shape index (κ2) is 5.44. The van der Waals surface area contributed by atoms with Crippen molar-refractivity contribution in [1.29, 1.82) is 0 Å². The van der Waals surface area contributed by atoms with Crippen LogP contribution in [0.5, 0.6) is 0 Å². The van der Waals surface area contributed by atoms with Gasteiger partial charge in [-0.15, -0.1) is 0 Å². The molecule has 2 aromatic heterocycles. The molecule has 0 amide bonds. The quantitative estimate of drug-likeness (QED) is 0.909. The summed E-state index contributed by atoms with van der Waals surface area (Å²) in [6.07, 6.45) is 7.77. The zero-order valence-corrected chi connectivity index (χ0v) is 12.5. The molecule has 3 heterocycles. The van der Waals surface area contributed by atoms with Crippen LogP contribution in [0.15, 0.2) is 29.6 Å². The van der Waals surface area contributed by atoms with Crippen LogP contribution in [0.1, 0.15) is 24.5 Å². The number of rotatable bonds is 3. The lowest BCUT2D eigenvalue weighted by atomic mass is 9.94. The molecule has 8 heteroatoms. The van der Waals surface area contributed by atoms with Gasteiger partial charge in [0, 0.05) is 37.7 Å². The fourth-order valence-corrected chi connectivity index (χ4v) is 3.55. The number of aromatic nitrogens is 4. The number of H-pyrrole nitrogens is 1. The van der Waals surface area contributed by atoms with Gasteiger partial charge in [-0.2, -0.15) is 5.10 Å². The van der Waals surface area contributed by atoms with Crippen molar-refractivity contribution in [3.8, 4) is 0 Å². The summed E-state index contributed by atoms with van der Waals surface area (Å²) in [5.41, 5.74) is 0.728. The van der Waals surface area contributed by atoms with Gasteiger partial charge < -0.3 is 4.90 Å². The Balaban J connectivity index is 1.74. The fraction of sp³-hybridized carbons (Fsp3) is 0.462. The van der Waals surface area contributed by atoms with Crippen LogP contribution in [0.25, 0.3) is 0 Å². The van der Waals surface area contributed by atoms with Crippen LogP contribution in [0.4, 0.5) is 5.95 Å². The Morgan fingerprint density at radius 2 is 1.90 bits per heavy atom. The molecule has 0 unspecified atom stereocenters. The van der Waals surface area contributed by atoms with Crippen molar-refractivity contribution in [3.63, 3.8) is 0 Å². The average molecular weight is 307 g/mol. The van der Waals surface area contributed by atoms with Crippen LogP contribution in [0.3, 0.4) is 0 Å². The van der Waals surface area contributed by atoms with Crippen LogP contribution in [0, 0.1) is 0 Å². The Morgan fingerprint density at radius 3 is 2.52 bits per heavy atom. The molecule has 112 valence electrons. The molecule has 7 nitrogen and oxygen atoms in total. The molecule has 1 saturated heterocycles. The highest BCUT2D eigenvalue weighted by Gasteiger charge is 2.27. The van der Waals surface area contributed by atoms with Gasteiger partial charge in [0.15, 0.2) is 9.84 Å². The molecular weight excluding hydrogens is 290 g/mol. The zero-order valence-electron chi connectivity index (χ0n) is 11.7. The maximum absolute atomic E-state index is 11.8. The lowest BCUT2D eigenvalue weighted by molar-refractivity contribution is 0.483. The summed E-state index contributed by atoms with van der Waals surface area (Å²) in [5.74, 6) is 0.904. The predicted molar refractivity (Wildman–Crippen MR) is 77.9 cm³/mol. The molecule has 0 radical (unpaired) electrons. The van der Waals surface area contributed by atoms with Crippen molar-refractivity contribution in [2.75, 3.05) is 24.2 Å². The maximum Gasteiger partial charge on any atom is 0.225 e. The molecule has 0 saturated carbocycles. The van der Waals surface area contributed by atoms with E-state index in [1.807, 2.05) is 0 Å². The summed E-state index contributed by atoms with van der Waals surface area (Å²) in [4.78, 5) is 10.9. The minimum Gasteiger partial charge on any atom is -0.341 e. The van der Waals surface area contributed by atoms with Gasteiger partial charge in [-0.25, -0.2) is 18.4 Å². The lowest BCUT2D eigenvalue weighted by Gasteiger charge is -2.31. The molecule has 21 heavy (non-hydrogen) atoms. The minimum atomic E-state index is -3.24. The number of piperidine rings is 1. The third-order valence-electron chi connectivity index (χ3n) is 3.77. The molecular formula is C13H17N5O2S. The van der Waals surface area contributed by atoms with Gasteiger partial charge in [-0.1, -0.05) is 0 Å². The molecule has 3 rings (SSSR count). The minimum absolute atomic E-state index is 0.178. The van der Waals surface area contributed by atoms with Gasteiger partial charge in [0.05, 0.1) is 11.9 Å². The van der Waals surface area contributed by atoms with Crippen LogP contribution in [-0.2, 0) is 9.84 Å².